The third-order valence-corrected chi connectivity index (χ3v) is 6.97. The van der Waals surface area contributed by atoms with Crippen LogP contribution in [0, 0.1) is 0 Å². The molecule has 2 aromatic heterocycles. The Labute approximate surface area is 207 Å². The van der Waals surface area contributed by atoms with Gasteiger partial charge in [0, 0.05) is 35.0 Å². The lowest BCUT2D eigenvalue weighted by Gasteiger charge is -2.35. The van der Waals surface area contributed by atoms with Gasteiger partial charge in [-0.05, 0) is 88.6 Å². The van der Waals surface area contributed by atoms with Gasteiger partial charge in [0.2, 0.25) is 0 Å². The Kier molecular flexibility index (Phi) is 6.62. The van der Waals surface area contributed by atoms with Crippen molar-refractivity contribution in [3.63, 3.8) is 0 Å². The molecule has 1 atom stereocenters. The summed E-state index contributed by atoms with van der Waals surface area (Å²) in [6, 6.07) is 11.2. The van der Waals surface area contributed by atoms with Crippen molar-refractivity contribution in [2.75, 3.05) is 18.0 Å². The first kappa shape index (κ1) is 22.3. The number of carbonyl (C=O) groups is 1. The Bertz CT molecular complexity index is 1100. The molecular weight excluding hydrogens is 502 g/mol. The molecule has 0 spiro atoms. The first-order valence-electron chi connectivity index (χ1n) is 11.3. The summed E-state index contributed by atoms with van der Waals surface area (Å²) in [5, 5.41) is 2.71. The van der Waals surface area contributed by atoms with Gasteiger partial charge in [-0.15, -0.1) is 0 Å². The number of anilines is 1. The summed E-state index contributed by atoms with van der Waals surface area (Å²) >= 11 is 9.94. The molecule has 0 radical (unpaired) electrons. The van der Waals surface area contributed by atoms with Gasteiger partial charge in [-0.1, -0.05) is 24.1 Å². The monoisotopic (exact) mass is 525 g/mol. The minimum atomic E-state index is -0.406. The van der Waals surface area contributed by atoms with Crippen LogP contribution in [0.1, 0.15) is 47.7 Å². The molecular formula is C25H25BrClN5O. The number of fused-ring (bicyclic) bond motifs is 2. The maximum Gasteiger partial charge on any atom is 0.337 e. The van der Waals surface area contributed by atoms with Gasteiger partial charge in [-0.2, -0.15) is 0 Å². The van der Waals surface area contributed by atoms with E-state index in [1.54, 1.807) is 23.5 Å². The normalized spacial score (nSPS) is 18.1. The number of hydrogen-bond donors (Lipinski definition) is 1. The summed E-state index contributed by atoms with van der Waals surface area (Å²) in [5.41, 5.74) is 8.01. The zero-order valence-corrected chi connectivity index (χ0v) is 20.5. The molecule has 1 N–H and O–H groups in total. The molecule has 8 heteroatoms. The molecule has 170 valence electrons. The van der Waals surface area contributed by atoms with Crippen molar-refractivity contribution in [1.82, 2.24) is 20.4 Å². The number of piperidine rings is 1. The Morgan fingerprint density at radius 2 is 1.91 bits per heavy atom. The van der Waals surface area contributed by atoms with E-state index in [0.29, 0.717) is 5.02 Å². The van der Waals surface area contributed by atoms with Gasteiger partial charge in [-0.25, -0.2) is 9.80 Å². The molecule has 2 amide bonds. The van der Waals surface area contributed by atoms with Crippen LogP contribution in [-0.2, 0) is 12.8 Å². The molecule has 1 unspecified atom stereocenters. The topological polar surface area (TPSA) is 61.4 Å². The number of urea groups is 1. The Hall–Kier alpha value is -2.48. The van der Waals surface area contributed by atoms with Crippen molar-refractivity contribution in [1.29, 1.82) is 0 Å². The number of pyridine rings is 2. The number of benzene rings is 1. The molecule has 6 nitrogen and oxygen atoms in total. The van der Waals surface area contributed by atoms with Crippen LogP contribution in [0.4, 0.5) is 10.5 Å². The van der Waals surface area contributed by atoms with E-state index in [2.05, 4.69) is 32.4 Å². The lowest BCUT2D eigenvalue weighted by molar-refractivity contribution is 0.157. The number of carbonyl (C=O) groups excluding carboxylic acids is 1. The fourth-order valence-corrected chi connectivity index (χ4v) is 5.32. The van der Waals surface area contributed by atoms with Gasteiger partial charge in [0.1, 0.15) is 6.04 Å². The molecule has 0 bridgehead atoms. The lowest BCUT2D eigenvalue weighted by Crippen LogP contribution is -2.52. The van der Waals surface area contributed by atoms with Gasteiger partial charge in [0.25, 0.3) is 0 Å². The van der Waals surface area contributed by atoms with Crippen LogP contribution >= 0.6 is 27.5 Å². The number of rotatable bonds is 3. The number of nitrogens with one attached hydrogen (secondary N) is 1. The zero-order chi connectivity index (χ0) is 22.8. The van der Waals surface area contributed by atoms with Crippen LogP contribution in [0.2, 0.25) is 5.02 Å². The molecule has 2 aliphatic rings. The summed E-state index contributed by atoms with van der Waals surface area (Å²) in [6.07, 6.45) is 10.3. The zero-order valence-electron chi connectivity index (χ0n) is 18.2. The molecule has 3 heterocycles. The van der Waals surface area contributed by atoms with Gasteiger partial charge < -0.3 is 0 Å². The van der Waals surface area contributed by atoms with Crippen LogP contribution < -0.4 is 10.3 Å². The molecule has 1 aromatic carbocycles. The largest absolute Gasteiger partial charge is 0.337 e. The van der Waals surface area contributed by atoms with Crippen molar-refractivity contribution >= 4 is 39.2 Å². The fraction of sp³-hybridized carbons (Fsp3) is 0.320. The van der Waals surface area contributed by atoms with E-state index in [0.717, 1.165) is 71.3 Å². The van der Waals surface area contributed by atoms with Crippen LogP contribution in [0.3, 0.4) is 0 Å². The quantitative estimate of drug-likeness (QED) is 0.476. The van der Waals surface area contributed by atoms with Crippen LogP contribution in [0.15, 0.2) is 59.5 Å². The maximum absolute atomic E-state index is 13.9. The average molecular weight is 527 g/mol. The lowest BCUT2D eigenvalue weighted by atomic mass is 9.96. The Balaban J connectivity index is 1.65. The predicted molar refractivity (Wildman–Crippen MR) is 133 cm³/mol. The third-order valence-electron chi connectivity index (χ3n) is 6.30. The molecule has 1 saturated heterocycles. The summed E-state index contributed by atoms with van der Waals surface area (Å²) in [5.74, 6) is 0. The second kappa shape index (κ2) is 9.79. The highest BCUT2D eigenvalue weighted by molar-refractivity contribution is 9.10. The van der Waals surface area contributed by atoms with E-state index >= 15 is 0 Å². The summed E-state index contributed by atoms with van der Waals surface area (Å²) in [6.45, 7) is 1.70. The fourth-order valence-electron chi connectivity index (χ4n) is 4.75. The van der Waals surface area contributed by atoms with Crippen molar-refractivity contribution < 1.29 is 4.79 Å². The van der Waals surface area contributed by atoms with Crippen LogP contribution in [0.25, 0.3) is 0 Å². The summed E-state index contributed by atoms with van der Waals surface area (Å²) < 4.78 is 0.926. The predicted octanol–water partition coefficient (Wildman–Crippen LogP) is 5.70. The number of nitrogens with zero attached hydrogens (tertiary/aromatic N) is 4. The minimum Gasteiger partial charge on any atom is -0.279 e. The SMILES string of the molecule is O=C(NN1CCCCC1)N(c1cccnc1)C1c2ccc(Cl)cc2CCc2cc(Br)cnc21. The molecule has 33 heavy (non-hydrogen) atoms. The number of hydrogen-bond acceptors (Lipinski definition) is 4. The molecule has 1 fully saturated rings. The minimum absolute atomic E-state index is 0.187. The molecule has 5 rings (SSSR count). The highest BCUT2D eigenvalue weighted by Gasteiger charge is 2.35. The van der Waals surface area contributed by atoms with E-state index in [1.807, 2.05) is 35.3 Å². The average Bonchev–Trinajstić information content (AvgIpc) is 2.97. The van der Waals surface area contributed by atoms with Crippen LogP contribution in [0.5, 0.6) is 0 Å². The van der Waals surface area contributed by atoms with Crippen molar-refractivity contribution in [2.24, 2.45) is 0 Å². The second-order valence-corrected chi connectivity index (χ2v) is 9.84. The van der Waals surface area contributed by atoms with Crippen molar-refractivity contribution in [2.45, 2.75) is 38.1 Å². The van der Waals surface area contributed by atoms with Gasteiger partial charge in [0.15, 0.2) is 0 Å². The summed E-state index contributed by atoms with van der Waals surface area (Å²) in [4.78, 5) is 24.8. The number of aromatic nitrogens is 2. The Morgan fingerprint density at radius 3 is 2.70 bits per heavy atom. The molecule has 0 saturated carbocycles. The van der Waals surface area contributed by atoms with Crippen molar-refractivity contribution in [3.05, 3.63) is 86.9 Å². The molecule has 3 aromatic rings. The van der Waals surface area contributed by atoms with Gasteiger partial charge >= 0.3 is 6.03 Å². The highest BCUT2D eigenvalue weighted by Crippen LogP contribution is 2.39. The van der Waals surface area contributed by atoms with Gasteiger partial charge in [-0.3, -0.25) is 20.3 Å². The van der Waals surface area contributed by atoms with E-state index in [9.17, 15) is 4.79 Å². The second-order valence-electron chi connectivity index (χ2n) is 8.49. The first-order valence-corrected chi connectivity index (χ1v) is 12.4. The molecule has 1 aliphatic carbocycles. The number of hydrazine groups is 1. The van der Waals surface area contributed by atoms with E-state index in [4.69, 9.17) is 16.6 Å². The first-order chi connectivity index (χ1) is 16.1. The van der Waals surface area contributed by atoms with Crippen LogP contribution in [-0.4, -0.2) is 34.1 Å². The van der Waals surface area contributed by atoms with Crippen molar-refractivity contribution in [3.8, 4) is 0 Å². The number of amides is 2. The maximum atomic E-state index is 13.9. The smallest absolute Gasteiger partial charge is 0.279 e. The van der Waals surface area contributed by atoms with Gasteiger partial charge in [0.05, 0.1) is 17.6 Å². The number of halogens is 2. The number of aryl methyl sites for hydroxylation is 2. The van der Waals surface area contributed by atoms with E-state index in [-0.39, 0.29) is 6.03 Å². The standard InChI is InChI=1S/C25H25BrClN5O/c26-19-13-18-7-6-17-14-20(27)8-9-22(17)24(23(18)29-15-19)32(21-5-4-10-28-16-21)25(33)30-31-11-2-1-3-12-31/h4-5,8-10,13-16,24H,1-3,6-7,11-12H2,(H,30,33). The van der Waals surface area contributed by atoms with E-state index in [1.165, 1.54) is 6.42 Å². The Morgan fingerprint density at radius 1 is 1.09 bits per heavy atom. The third kappa shape index (κ3) is 4.76. The molecule has 1 aliphatic heterocycles. The highest BCUT2D eigenvalue weighted by atomic mass is 79.9. The van der Waals surface area contributed by atoms with E-state index < -0.39 is 6.04 Å². The summed E-state index contributed by atoms with van der Waals surface area (Å²) in [7, 11) is 0.